The largest absolute Gasteiger partial charge is 0.494 e. The van der Waals surface area contributed by atoms with E-state index in [0.717, 1.165) is 28.2 Å². The average molecular weight is 1070 g/mol. The van der Waals surface area contributed by atoms with Crippen LogP contribution in [0.15, 0.2) is 90.3 Å². The van der Waals surface area contributed by atoms with Crippen molar-refractivity contribution in [1.82, 2.24) is 25.7 Å². The monoisotopic (exact) mass is 1070 g/mol. The summed E-state index contributed by atoms with van der Waals surface area (Å²) in [5.74, 6) is -3.23. The van der Waals surface area contributed by atoms with Crippen molar-refractivity contribution in [3.05, 3.63) is 113 Å². The first-order valence-corrected chi connectivity index (χ1v) is 27.4. The zero-order valence-corrected chi connectivity index (χ0v) is 44.2. The molecule has 4 heterocycles. The summed E-state index contributed by atoms with van der Waals surface area (Å²) in [4.78, 5) is 103. The van der Waals surface area contributed by atoms with Crippen LogP contribution < -0.4 is 30.6 Å². The number of hydrogen-bond acceptors (Lipinski definition) is 15. The van der Waals surface area contributed by atoms with Crippen molar-refractivity contribution in [1.29, 1.82) is 0 Å². The molecule has 394 valence electrons. The molecule has 4 aromatic rings. The Labute approximate surface area is 451 Å². The number of pyridine rings is 1. The normalized spacial score (nSPS) is 18.5. The summed E-state index contributed by atoms with van der Waals surface area (Å²) in [5.41, 5.74) is 7.79. The van der Waals surface area contributed by atoms with E-state index in [1.54, 1.807) is 70.4 Å². The summed E-state index contributed by atoms with van der Waals surface area (Å²) in [6.07, 6.45) is 4.79. The molecule has 3 aromatic carbocycles. The van der Waals surface area contributed by atoms with Crippen molar-refractivity contribution < 1.29 is 47.5 Å². The van der Waals surface area contributed by atoms with Gasteiger partial charge < -0.3 is 34.9 Å². The second-order valence-corrected chi connectivity index (χ2v) is 22.8. The van der Waals surface area contributed by atoms with Gasteiger partial charge in [0.2, 0.25) is 17.7 Å². The van der Waals surface area contributed by atoms with Crippen LogP contribution in [0.1, 0.15) is 91.8 Å². The third-order valence-electron chi connectivity index (χ3n) is 13.5. The summed E-state index contributed by atoms with van der Waals surface area (Å²) in [7, 11) is 17.5. The van der Waals surface area contributed by atoms with Crippen molar-refractivity contribution in [2.24, 2.45) is 11.0 Å². The molecule has 1 aromatic heterocycles. The fourth-order valence-electron chi connectivity index (χ4n) is 9.24. The second-order valence-electron chi connectivity index (χ2n) is 19.7. The molecule has 4 radical (unpaired) electrons. The third-order valence-corrected chi connectivity index (χ3v) is 16.8. The molecule has 0 bridgehead atoms. The van der Waals surface area contributed by atoms with Crippen LogP contribution in [0.4, 0.5) is 21.5 Å². The number of hydrogen-bond donors (Lipinski definition) is 3. The van der Waals surface area contributed by atoms with E-state index in [9.17, 15) is 33.6 Å². The van der Waals surface area contributed by atoms with E-state index in [0.29, 0.717) is 74.1 Å². The molecule has 2 atom stereocenters. The number of rotatable bonds is 21. The lowest BCUT2D eigenvalue weighted by Crippen LogP contribution is -2.48. The molecule has 4 aliphatic rings. The number of nitrogens with one attached hydrogen (secondary N) is 3. The number of nitrogens with zero attached hydrogens (tertiary/aromatic N) is 6. The molecule has 1 saturated carbocycles. The number of benzene rings is 3. The van der Waals surface area contributed by atoms with Gasteiger partial charge in [0.25, 0.3) is 17.7 Å². The first-order chi connectivity index (χ1) is 36.4. The Morgan fingerprint density at radius 2 is 1.67 bits per heavy atom. The van der Waals surface area contributed by atoms with E-state index in [1.807, 2.05) is 50.1 Å². The first kappa shape index (κ1) is 55.4. The van der Waals surface area contributed by atoms with E-state index in [-0.39, 0.29) is 67.8 Å². The molecule has 3 aliphatic heterocycles. The Hall–Kier alpha value is -6.87. The third kappa shape index (κ3) is 13.9. The number of piperazine rings is 1. The van der Waals surface area contributed by atoms with Crippen LogP contribution >= 0.6 is 21.6 Å². The van der Waals surface area contributed by atoms with Gasteiger partial charge in [0.05, 0.1) is 34.4 Å². The van der Waals surface area contributed by atoms with Gasteiger partial charge in [0.1, 0.15) is 11.6 Å². The summed E-state index contributed by atoms with van der Waals surface area (Å²) >= 11 is 0. The average Bonchev–Trinajstić information content (AvgIpc) is 4.10. The maximum atomic E-state index is 15.1. The highest BCUT2D eigenvalue weighted by atomic mass is 33.1. The SMILES string of the molecule is [B]C1([B])C(C(=O)Nc2ccc(CNC(=O)c3ccc(N4CCN(C(=O)CCSSC(C)(C)CC(=O)N/N=C5\CCN(C)c6cc(OCCCC(=O)ON7C(=O)CCC7=O)ccc65)CC4)cc3)c(F)c2)C1c1cccnc1. The first-order valence-electron chi connectivity index (χ1n) is 25.1. The van der Waals surface area contributed by atoms with Crippen LogP contribution in [0.2, 0.25) is 5.21 Å². The number of imide groups is 1. The zero-order chi connectivity index (χ0) is 54.1. The van der Waals surface area contributed by atoms with Gasteiger partial charge >= 0.3 is 5.97 Å². The van der Waals surface area contributed by atoms with Gasteiger partial charge in [-0.15, -0.1) is 5.06 Å². The molecule has 76 heavy (non-hydrogen) atoms. The summed E-state index contributed by atoms with van der Waals surface area (Å²) in [6, 6.07) is 20.5. The summed E-state index contributed by atoms with van der Waals surface area (Å²) < 4.78 is 20.6. The van der Waals surface area contributed by atoms with Crippen molar-refractivity contribution in [2.45, 2.75) is 81.2 Å². The van der Waals surface area contributed by atoms with Gasteiger partial charge in [0.15, 0.2) is 0 Å². The van der Waals surface area contributed by atoms with Crippen LogP contribution in [0.25, 0.3) is 0 Å². The van der Waals surface area contributed by atoms with Crippen molar-refractivity contribution in [2.75, 3.05) is 67.2 Å². The topological polar surface area (TPSA) is 212 Å². The van der Waals surface area contributed by atoms with Crippen molar-refractivity contribution in [3.63, 3.8) is 0 Å². The number of carbonyl (C=O) groups is 7. The number of halogens is 1. The predicted octanol–water partition coefficient (Wildman–Crippen LogP) is 5.67. The minimum Gasteiger partial charge on any atom is -0.494 e. The molecule has 3 N–H and O–H groups in total. The van der Waals surface area contributed by atoms with Gasteiger partial charge in [-0.2, -0.15) is 5.10 Å². The molecule has 1 aliphatic carbocycles. The zero-order valence-electron chi connectivity index (χ0n) is 42.6. The Bertz CT molecular complexity index is 2860. The van der Waals surface area contributed by atoms with Crippen LogP contribution in [-0.4, -0.2) is 135 Å². The molecular weight excluding hydrogens is 1010 g/mol. The van der Waals surface area contributed by atoms with E-state index in [1.165, 1.54) is 12.1 Å². The number of hydrazone groups is 1. The van der Waals surface area contributed by atoms with Gasteiger partial charge in [-0.3, -0.25) is 33.8 Å². The van der Waals surface area contributed by atoms with Crippen LogP contribution in [0.3, 0.4) is 0 Å². The molecule has 0 spiro atoms. The van der Waals surface area contributed by atoms with Gasteiger partial charge in [-0.05, 0) is 86.3 Å². The number of ether oxygens (including phenoxy) is 1. The number of carbonyl (C=O) groups excluding carboxylic acids is 7. The standard InChI is InChI=1S/C53H58B2FN9O9S2/c1-52(2,30-43(66)61-60-41-18-21-62(3)42-29-38(14-15-39(41)42)73-26-5-7-47(70)74-65-45(68)16-17-46(65)69)76-75-27-19-44(67)64-24-22-63(23-25-64)37-12-9-33(10-13-37)50(71)58-32-34-8-11-36(28-40(34)56)59-51(72)49-48(53(49,54)55)35-6-4-20-57-31-35/h4,6,8-15,20,28-29,31,48-49H,5,7,16-19,21-27,30,32H2,1-3H3,(H,58,71)(H,59,72)(H,61,66)/b60-41+. The number of fused-ring (bicyclic) bond motifs is 1. The number of anilines is 3. The minimum absolute atomic E-state index is 0.0256. The fraction of sp³-hybridized carbons (Fsp3) is 0.415. The van der Waals surface area contributed by atoms with Crippen LogP contribution in [-0.2, 0) is 40.1 Å². The molecule has 2 unspecified atom stereocenters. The smallest absolute Gasteiger partial charge is 0.333 e. The van der Waals surface area contributed by atoms with Crippen molar-refractivity contribution >= 4 is 101 Å². The number of aromatic nitrogens is 1. The van der Waals surface area contributed by atoms with Crippen LogP contribution in [0, 0.1) is 11.7 Å². The fourth-order valence-corrected chi connectivity index (χ4v) is 11.7. The number of hydroxylamine groups is 2. The van der Waals surface area contributed by atoms with Crippen molar-refractivity contribution in [3.8, 4) is 5.75 Å². The summed E-state index contributed by atoms with van der Waals surface area (Å²) in [6.45, 7) is 7.15. The molecule has 18 nitrogen and oxygen atoms in total. The van der Waals surface area contributed by atoms with Gasteiger partial charge in [-0.1, -0.05) is 38.9 Å². The Balaban J connectivity index is 0.699. The maximum Gasteiger partial charge on any atom is 0.333 e. The number of amides is 6. The van der Waals surface area contributed by atoms with E-state index in [2.05, 4.69) is 35.9 Å². The van der Waals surface area contributed by atoms with E-state index < -0.39 is 51.3 Å². The predicted molar refractivity (Wildman–Crippen MR) is 290 cm³/mol. The summed E-state index contributed by atoms with van der Waals surface area (Å²) in [5, 5.41) is 9.25. The van der Waals surface area contributed by atoms with Gasteiger partial charge in [-0.25, -0.2) is 14.6 Å². The molecule has 8 rings (SSSR count). The van der Waals surface area contributed by atoms with E-state index >= 15 is 4.39 Å². The maximum absolute atomic E-state index is 15.1. The highest BCUT2D eigenvalue weighted by Gasteiger charge is 2.60. The molecule has 2 saturated heterocycles. The second kappa shape index (κ2) is 24.4. The molecule has 3 fully saturated rings. The quantitative estimate of drug-likeness (QED) is 0.0302. The van der Waals surface area contributed by atoms with Crippen LogP contribution in [0.5, 0.6) is 5.75 Å². The Morgan fingerprint density at radius 1 is 0.921 bits per heavy atom. The Morgan fingerprint density at radius 3 is 2.38 bits per heavy atom. The highest BCUT2D eigenvalue weighted by Crippen LogP contribution is 2.66. The lowest BCUT2D eigenvalue weighted by atomic mass is 9.63. The molecule has 6 amide bonds. The minimum atomic E-state index is -1.25. The molecule has 23 heteroatoms. The highest BCUT2D eigenvalue weighted by molar-refractivity contribution is 8.77. The lowest BCUT2D eigenvalue weighted by Gasteiger charge is -2.36. The Kier molecular flexibility index (Phi) is 17.8. The van der Waals surface area contributed by atoms with E-state index in [4.69, 9.17) is 25.3 Å². The molecular formula is C53H58B2FN9O9S2. The van der Waals surface area contributed by atoms with Gasteiger partial charge in [0, 0.05) is 147 Å². The lowest BCUT2D eigenvalue weighted by molar-refractivity contribution is -0.197.